The van der Waals surface area contributed by atoms with Crippen LogP contribution in [-0.4, -0.2) is 27.1 Å². The second-order valence-corrected chi connectivity index (χ2v) is 7.00. The number of halogens is 1. The highest BCUT2D eigenvalue weighted by Crippen LogP contribution is 2.42. The standard InChI is InChI=1S/C21H15ClN2O5/c1-11-10-16(23-29-11)24-18(12-4-8-15(25)9-5-12)17(20(27)21(24)28)19(26)13-2-6-14(22)7-3-13/h2-10,18,25-26H,1H3/t18-/m0/s1. The lowest BCUT2D eigenvalue weighted by molar-refractivity contribution is -0.132. The predicted molar refractivity (Wildman–Crippen MR) is 106 cm³/mol. The third kappa shape index (κ3) is 3.25. The number of hydrogen-bond donors (Lipinski definition) is 2. The Balaban J connectivity index is 1.93. The zero-order chi connectivity index (χ0) is 20.7. The third-order valence-electron chi connectivity index (χ3n) is 4.63. The summed E-state index contributed by atoms with van der Waals surface area (Å²) in [6.07, 6.45) is 0. The van der Waals surface area contributed by atoms with Crippen LogP contribution in [0.1, 0.15) is 22.9 Å². The predicted octanol–water partition coefficient (Wildman–Crippen LogP) is 3.97. The molecule has 0 radical (unpaired) electrons. The van der Waals surface area contributed by atoms with Crippen molar-refractivity contribution in [1.82, 2.24) is 5.16 Å². The number of ketones is 1. The number of Topliss-reactive ketones (excluding diaryl/α,β-unsaturated/α-hetero) is 1. The van der Waals surface area contributed by atoms with Crippen LogP contribution in [0.3, 0.4) is 0 Å². The number of aliphatic hydroxyl groups excluding tert-OH is 1. The van der Waals surface area contributed by atoms with Crippen molar-refractivity contribution in [3.05, 3.63) is 82.1 Å². The number of aryl methyl sites for hydroxylation is 1. The maximum atomic E-state index is 12.9. The van der Waals surface area contributed by atoms with Gasteiger partial charge in [-0.25, -0.2) is 0 Å². The van der Waals surface area contributed by atoms with Gasteiger partial charge in [-0.3, -0.25) is 14.5 Å². The summed E-state index contributed by atoms with van der Waals surface area (Å²) >= 11 is 5.90. The lowest BCUT2D eigenvalue weighted by Crippen LogP contribution is -2.29. The topological polar surface area (TPSA) is 104 Å². The second-order valence-electron chi connectivity index (χ2n) is 6.56. The van der Waals surface area contributed by atoms with E-state index in [0.717, 1.165) is 0 Å². The van der Waals surface area contributed by atoms with Crippen LogP contribution in [0.2, 0.25) is 5.02 Å². The van der Waals surface area contributed by atoms with E-state index in [1.165, 1.54) is 23.1 Å². The second kappa shape index (κ2) is 7.10. The Labute approximate surface area is 170 Å². The summed E-state index contributed by atoms with van der Waals surface area (Å²) < 4.78 is 5.07. The van der Waals surface area contributed by atoms with E-state index in [2.05, 4.69) is 5.16 Å². The highest BCUT2D eigenvalue weighted by atomic mass is 35.5. The molecule has 1 aromatic heterocycles. The fraction of sp³-hybridized carbons (Fsp3) is 0.0952. The summed E-state index contributed by atoms with van der Waals surface area (Å²) in [6, 6.07) is 12.8. The molecule has 2 N–H and O–H groups in total. The van der Waals surface area contributed by atoms with Crippen LogP contribution >= 0.6 is 11.6 Å². The Kier molecular flexibility index (Phi) is 4.60. The number of carbonyl (C=O) groups is 2. The van der Waals surface area contributed by atoms with Crippen LogP contribution in [0, 0.1) is 6.92 Å². The van der Waals surface area contributed by atoms with Gasteiger partial charge in [-0.2, -0.15) is 0 Å². The average Bonchev–Trinajstić information content (AvgIpc) is 3.24. The van der Waals surface area contributed by atoms with Gasteiger partial charge in [0.15, 0.2) is 5.82 Å². The van der Waals surface area contributed by atoms with Crippen LogP contribution in [0.5, 0.6) is 5.75 Å². The molecule has 0 saturated carbocycles. The molecule has 1 atom stereocenters. The molecule has 2 heterocycles. The number of amides is 1. The molecule has 1 aliphatic heterocycles. The molecular formula is C21H15ClN2O5. The Morgan fingerprint density at radius 2 is 1.76 bits per heavy atom. The minimum Gasteiger partial charge on any atom is -0.508 e. The molecule has 2 aromatic carbocycles. The summed E-state index contributed by atoms with van der Waals surface area (Å²) in [7, 11) is 0. The number of phenols is 1. The van der Waals surface area contributed by atoms with Gasteiger partial charge in [0, 0.05) is 16.7 Å². The minimum absolute atomic E-state index is 0.0284. The first kappa shape index (κ1) is 18.8. The highest BCUT2D eigenvalue weighted by molar-refractivity contribution is 6.51. The van der Waals surface area contributed by atoms with Gasteiger partial charge >= 0.3 is 5.91 Å². The third-order valence-corrected chi connectivity index (χ3v) is 4.89. The van der Waals surface area contributed by atoms with Crippen LogP contribution in [0.15, 0.2) is 64.7 Å². The number of hydrogen-bond acceptors (Lipinski definition) is 6. The summed E-state index contributed by atoms with van der Waals surface area (Å²) in [5.74, 6) is -1.38. The van der Waals surface area contributed by atoms with E-state index in [1.807, 2.05) is 0 Å². The van der Waals surface area contributed by atoms with Crippen LogP contribution in [-0.2, 0) is 9.59 Å². The smallest absolute Gasteiger partial charge is 0.301 e. The first-order chi connectivity index (χ1) is 13.9. The highest BCUT2D eigenvalue weighted by Gasteiger charge is 2.48. The van der Waals surface area contributed by atoms with Gasteiger partial charge in [0.05, 0.1) is 11.6 Å². The molecule has 7 nitrogen and oxygen atoms in total. The molecule has 0 spiro atoms. The maximum absolute atomic E-state index is 12.9. The molecule has 1 aliphatic rings. The van der Waals surface area contributed by atoms with Crippen molar-refractivity contribution in [1.29, 1.82) is 0 Å². The van der Waals surface area contributed by atoms with Crippen molar-refractivity contribution >= 4 is 34.9 Å². The molecule has 0 unspecified atom stereocenters. The Morgan fingerprint density at radius 3 is 2.34 bits per heavy atom. The van der Waals surface area contributed by atoms with Crippen molar-refractivity contribution in [2.75, 3.05) is 4.90 Å². The first-order valence-corrected chi connectivity index (χ1v) is 9.04. The van der Waals surface area contributed by atoms with Crippen molar-refractivity contribution in [3.63, 3.8) is 0 Å². The van der Waals surface area contributed by atoms with E-state index in [4.69, 9.17) is 16.1 Å². The number of aromatic hydroxyl groups is 1. The Bertz CT molecular complexity index is 1130. The van der Waals surface area contributed by atoms with Gasteiger partial charge in [0.2, 0.25) is 0 Å². The molecule has 0 aliphatic carbocycles. The van der Waals surface area contributed by atoms with Gasteiger partial charge in [-0.05, 0) is 48.9 Å². The molecular weight excluding hydrogens is 396 g/mol. The molecule has 1 saturated heterocycles. The molecule has 146 valence electrons. The number of carbonyl (C=O) groups excluding carboxylic acids is 2. The SMILES string of the molecule is Cc1cc(N2C(=O)C(=O)C(=C(O)c3ccc(Cl)cc3)[C@@H]2c2ccc(O)cc2)no1. The van der Waals surface area contributed by atoms with E-state index in [0.29, 0.717) is 21.9 Å². The molecule has 8 heteroatoms. The zero-order valence-electron chi connectivity index (χ0n) is 15.2. The van der Waals surface area contributed by atoms with Gasteiger partial charge in [0.25, 0.3) is 5.78 Å². The van der Waals surface area contributed by atoms with Crippen molar-refractivity contribution in [2.24, 2.45) is 0 Å². The average molecular weight is 411 g/mol. The molecule has 29 heavy (non-hydrogen) atoms. The summed E-state index contributed by atoms with van der Waals surface area (Å²) in [4.78, 5) is 26.9. The van der Waals surface area contributed by atoms with Gasteiger partial charge in [-0.15, -0.1) is 0 Å². The van der Waals surface area contributed by atoms with Gasteiger partial charge < -0.3 is 14.7 Å². The maximum Gasteiger partial charge on any atom is 0.301 e. The lowest BCUT2D eigenvalue weighted by Gasteiger charge is -2.22. The van der Waals surface area contributed by atoms with E-state index >= 15 is 0 Å². The number of benzene rings is 2. The molecule has 1 fully saturated rings. The minimum atomic E-state index is -0.948. The molecule has 3 aromatic rings. The van der Waals surface area contributed by atoms with Gasteiger partial charge in [0.1, 0.15) is 17.3 Å². The fourth-order valence-corrected chi connectivity index (χ4v) is 3.40. The van der Waals surface area contributed by atoms with Gasteiger partial charge in [-0.1, -0.05) is 28.9 Å². The summed E-state index contributed by atoms with van der Waals surface area (Å²) in [5.41, 5.74) is 0.759. The first-order valence-electron chi connectivity index (χ1n) is 8.66. The molecule has 4 rings (SSSR count). The fourth-order valence-electron chi connectivity index (χ4n) is 3.27. The van der Waals surface area contributed by atoms with E-state index in [-0.39, 0.29) is 22.9 Å². The van der Waals surface area contributed by atoms with E-state index in [1.54, 1.807) is 43.3 Å². The monoisotopic (exact) mass is 410 g/mol. The normalized spacial score (nSPS) is 18.4. The Morgan fingerprint density at radius 1 is 1.10 bits per heavy atom. The van der Waals surface area contributed by atoms with Crippen LogP contribution < -0.4 is 4.90 Å². The van der Waals surface area contributed by atoms with Crippen LogP contribution in [0.4, 0.5) is 5.82 Å². The molecule has 1 amide bonds. The van der Waals surface area contributed by atoms with E-state index in [9.17, 15) is 19.8 Å². The van der Waals surface area contributed by atoms with Crippen molar-refractivity contribution in [2.45, 2.75) is 13.0 Å². The number of aromatic nitrogens is 1. The number of nitrogens with zero attached hydrogens (tertiary/aromatic N) is 2. The molecule has 0 bridgehead atoms. The van der Waals surface area contributed by atoms with Crippen molar-refractivity contribution < 1.29 is 24.3 Å². The number of phenolic OH excluding ortho intramolecular Hbond substituents is 1. The van der Waals surface area contributed by atoms with Crippen molar-refractivity contribution in [3.8, 4) is 5.75 Å². The Hall–Kier alpha value is -3.58. The zero-order valence-corrected chi connectivity index (χ0v) is 15.9. The number of anilines is 1. The summed E-state index contributed by atoms with van der Waals surface area (Å²) in [5, 5.41) is 24.8. The number of rotatable bonds is 3. The largest absolute Gasteiger partial charge is 0.508 e. The van der Waals surface area contributed by atoms with Crippen LogP contribution in [0.25, 0.3) is 5.76 Å². The quantitative estimate of drug-likeness (QED) is 0.384. The number of aliphatic hydroxyl groups is 1. The summed E-state index contributed by atoms with van der Waals surface area (Å²) in [6.45, 7) is 1.66. The lowest BCUT2D eigenvalue weighted by atomic mass is 9.95. The van der Waals surface area contributed by atoms with E-state index < -0.39 is 17.7 Å².